The maximum Gasteiger partial charge on any atom is 0.256 e. The van der Waals surface area contributed by atoms with Crippen LogP contribution in [0.1, 0.15) is 28.4 Å². The number of nitrogens with zero attached hydrogens (tertiary/aromatic N) is 5. The smallest absolute Gasteiger partial charge is 0.256 e. The zero-order valence-electron chi connectivity index (χ0n) is 22.7. The van der Waals surface area contributed by atoms with Crippen LogP contribution in [-0.4, -0.2) is 77.8 Å². The number of amides is 1. The van der Waals surface area contributed by atoms with Crippen molar-refractivity contribution in [3.63, 3.8) is 0 Å². The average Bonchev–Trinajstić information content (AvgIpc) is 3.49. The SMILES string of the molecule is O=C(NCCN1CCOCC1)c1cn2c3c(c(N4CCC(c5cnccn5)C4)c(F)cc3c1=O)Oc1cc(Cl)ccc1-2. The molecule has 0 radical (unpaired) electrons. The van der Waals surface area contributed by atoms with E-state index in [1.807, 2.05) is 4.90 Å². The van der Waals surface area contributed by atoms with Gasteiger partial charge in [-0.05, 0) is 24.6 Å². The molecule has 42 heavy (non-hydrogen) atoms. The van der Waals surface area contributed by atoms with Crippen LogP contribution in [-0.2, 0) is 4.74 Å². The van der Waals surface area contributed by atoms with Crippen LogP contribution in [0, 0.1) is 5.82 Å². The molecule has 10 nitrogen and oxygen atoms in total. The van der Waals surface area contributed by atoms with Crippen LogP contribution < -0.4 is 20.4 Å². The van der Waals surface area contributed by atoms with E-state index in [0.29, 0.717) is 61.4 Å². The predicted molar refractivity (Wildman–Crippen MR) is 156 cm³/mol. The van der Waals surface area contributed by atoms with Gasteiger partial charge < -0.3 is 24.3 Å². The van der Waals surface area contributed by atoms with Gasteiger partial charge in [-0.15, -0.1) is 0 Å². The third-order valence-electron chi connectivity index (χ3n) is 8.13. The van der Waals surface area contributed by atoms with E-state index in [0.717, 1.165) is 25.2 Å². The number of carbonyl (C=O) groups excluding carboxylic acids is 1. The first-order valence-electron chi connectivity index (χ1n) is 14.0. The topological polar surface area (TPSA) is 102 Å². The summed E-state index contributed by atoms with van der Waals surface area (Å²) in [6.45, 7) is 4.97. The number of benzene rings is 2. The Balaban J connectivity index is 1.29. The largest absolute Gasteiger partial charge is 0.451 e. The van der Waals surface area contributed by atoms with E-state index >= 15 is 4.39 Å². The van der Waals surface area contributed by atoms with Gasteiger partial charge in [-0.2, -0.15) is 0 Å². The monoisotopic (exact) mass is 590 g/mol. The third kappa shape index (κ3) is 4.77. The summed E-state index contributed by atoms with van der Waals surface area (Å²) in [4.78, 5) is 39.7. The number of anilines is 1. The number of halogens is 2. The van der Waals surface area contributed by atoms with Gasteiger partial charge in [-0.3, -0.25) is 24.5 Å². The molecule has 4 aromatic rings. The van der Waals surface area contributed by atoms with Crippen molar-refractivity contribution in [3.05, 3.63) is 81.4 Å². The summed E-state index contributed by atoms with van der Waals surface area (Å²) in [5.41, 5.74) is 1.46. The van der Waals surface area contributed by atoms with Crippen LogP contribution in [0.3, 0.4) is 0 Å². The van der Waals surface area contributed by atoms with Crippen LogP contribution in [0.4, 0.5) is 10.1 Å². The number of aromatic nitrogens is 3. The van der Waals surface area contributed by atoms with E-state index in [2.05, 4.69) is 20.2 Å². The molecular formula is C30H28ClFN6O4. The molecule has 2 fully saturated rings. The van der Waals surface area contributed by atoms with Crippen LogP contribution >= 0.6 is 11.6 Å². The molecule has 0 saturated carbocycles. The Labute approximate surface area is 245 Å². The van der Waals surface area contributed by atoms with Crippen LogP contribution in [0.2, 0.25) is 5.02 Å². The minimum Gasteiger partial charge on any atom is -0.451 e. The lowest BCUT2D eigenvalue weighted by molar-refractivity contribution is 0.0383. The molecule has 2 saturated heterocycles. The van der Waals surface area contributed by atoms with Crippen molar-refractivity contribution >= 4 is 34.1 Å². The molecule has 12 heteroatoms. The van der Waals surface area contributed by atoms with E-state index in [9.17, 15) is 9.59 Å². The molecule has 1 N–H and O–H groups in total. The molecule has 1 atom stereocenters. The minimum atomic E-state index is -0.601. The van der Waals surface area contributed by atoms with Gasteiger partial charge in [0.25, 0.3) is 5.91 Å². The molecule has 0 spiro atoms. The number of hydrogen-bond acceptors (Lipinski definition) is 8. The first kappa shape index (κ1) is 26.8. The highest BCUT2D eigenvalue weighted by Gasteiger charge is 2.34. The lowest BCUT2D eigenvalue weighted by Crippen LogP contribution is -2.42. The molecular weight excluding hydrogens is 563 g/mol. The lowest BCUT2D eigenvalue weighted by Gasteiger charge is -2.29. The molecule has 0 aliphatic carbocycles. The number of ether oxygens (including phenoxy) is 2. The molecule has 2 aromatic carbocycles. The predicted octanol–water partition coefficient (Wildman–Crippen LogP) is 3.73. The molecule has 1 amide bonds. The van der Waals surface area contributed by atoms with Gasteiger partial charge in [0.2, 0.25) is 5.43 Å². The highest BCUT2D eigenvalue weighted by atomic mass is 35.5. The zero-order valence-corrected chi connectivity index (χ0v) is 23.4. The third-order valence-corrected chi connectivity index (χ3v) is 8.37. The summed E-state index contributed by atoms with van der Waals surface area (Å²) in [5, 5.41) is 3.37. The van der Waals surface area contributed by atoms with Gasteiger partial charge >= 0.3 is 0 Å². The number of morpholine rings is 1. The molecule has 3 aliphatic heterocycles. The van der Waals surface area contributed by atoms with Crippen molar-refractivity contribution in [3.8, 4) is 17.2 Å². The quantitative estimate of drug-likeness (QED) is 0.319. The average molecular weight is 591 g/mol. The Kier molecular flexibility index (Phi) is 7.01. The van der Waals surface area contributed by atoms with Crippen molar-refractivity contribution in [2.75, 3.05) is 57.4 Å². The highest BCUT2D eigenvalue weighted by molar-refractivity contribution is 6.30. The Morgan fingerprint density at radius 1 is 1.17 bits per heavy atom. The molecule has 2 aromatic heterocycles. The summed E-state index contributed by atoms with van der Waals surface area (Å²) in [7, 11) is 0. The summed E-state index contributed by atoms with van der Waals surface area (Å²) in [5.74, 6) is -0.433. The molecule has 0 bridgehead atoms. The fourth-order valence-corrected chi connectivity index (χ4v) is 6.17. The van der Waals surface area contributed by atoms with E-state index in [1.165, 1.54) is 12.3 Å². The van der Waals surface area contributed by atoms with E-state index in [-0.39, 0.29) is 28.3 Å². The minimum absolute atomic E-state index is 0.0667. The lowest BCUT2D eigenvalue weighted by atomic mass is 10.0. The van der Waals surface area contributed by atoms with Gasteiger partial charge in [-0.25, -0.2) is 4.39 Å². The molecule has 3 aliphatic rings. The molecule has 216 valence electrons. The van der Waals surface area contributed by atoms with Crippen LogP contribution in [0.5, 0.6) is 11.5 Å². The van der Waals surface area contributed by atoms with Crippen molar-refractivity contribution in [1.29, 1.82) is 0 Å². The van der Waals surface area contributed by atoms with Crippen molar-refractivity contribution in [2.24, 2.45) is 0 Å². The fraction of sp³-hybridized carbons (Fsp3) is 0.333. The first-order valence-corrected chi connectivity index (χ1v) is 14.3. The highest BCUT2D eigenvalue weighted by Crippen LogP contribution is 2.48. The Bertz CT molecular complexity index is 1740. The number of pyridine rings is 1. The van der Waals surface area contributed by atoms with Crippen molar-refractivity contribution < 1.29 is 18.7 Å². The standard InChI is InChI=1S/C30H28ClFN6O4/c31-19-1-2-24-25(13-19)42-29-26-20(14-22(32)27(29)37-7-3-18(16-37)23-15-33-4-5-34-23)28(39)21(17-38(24)26)30(40)35-6-8-36-9-11-41-12-10-36/h1-2,4-5,13-15,17-18H,3,6-12,16H2,(H,35,40). The van der Waals surface area contributed by atoms with Gasteiger partial charge in [-0.1, -0.05) is 11.6 Å². The normalized spacial score (nSPS) is 18.1. The Morgan fingerprint density at radius 2 is 2.02 bits per heavy atom. The number of fused-ring (bicyclic) bond motifs is 2. The first-order chi connectivity index (χ1) is 20.5. The van der Waals surface area contributed by atoms with Crippen LogP contribution in [0.15, 0.2) is 53.8 Å². The van der Waals surface area contributed by atoms with Gasteiger partial charge in [0, 0.05) is 81.1 Å². The van der Waals surface area contributed by atoms with E-state index in [1.54, 1.807) is 41.4 Å². The van der Waals surface area contributed by atoms with Crippen LogP contribution in [0.25, 0.3) is 16.6 Å². The number of carbonyl (C=O) groups is 1. The van der Waals surface area contributed by atoms with Crippen molar-refractivity contribution in [1.82, 2.24) is 24.8 Å². The summed E-state index contributed by atoms with van der Waals surface area (Å²) in [6.07, 6.45) is 7.28. The Hall–Kier alpha value is -4.06. The maximum atomic E-state index is 16.0. The Morgan fingerprint density at radius 3 is 2.83 bits per heavy atom. The molecule has 5 heterocycles. The van der Waals surface area contributed by atoms with Gasteiger partial charge in [0.15, 0.2) is 17.3 Å². The number of rotatable bonds is 6. The number of hydrogen-bond donors (Lipinski definition) is 1. The van der Waals surface area contributed by atoms with Gasteiger partial charge in [0.05, 0.1) is 30.0 Å². The van der Waals surface area contributed by atoms with Gasteiger partial charge in [0.1, 0.15) is 16.8 Å². The second-order valence-electron chi connectivity index (χ2n) is 10.7. The summed E-state index contributed by atoms with van der Waals surface area (Å²) < 4.78 is 29.5. The van der Waals surface area contributed by atoms with Crippen molar-refractivity contribution in [2.45, 2.75) is 12.3 Å². The second kappa shape index (κ2) is 11.0. The molecule has 7 rings (SSSR count). The summed E-state index contributed by atoms with van der Waals surface area (Å²) in [6, 6.07) is 6.33. The summed E-state index contributed by atoms with van der Waals surface area (Å²) >= 11 is 6.31. The second-order valence-corrected chi connectivity index (χ2v) is 11.1. The van der Waals surface area contributed by atoms with E-state index in [4.69, 9.17) is 21.1 Å². The zero-order chi connectivity index (χ0) is 28.8. The van der Waals surface area contributed by atoms with E-state index < -0.39 is 17.2 Å². The number of nitrogens with one attached hydrogen (secondary N) is 1. The molecule has 1 unspecified atom stereocenters. The maximum absolute atomic E-state index is 16.0. The fourth-order valence-electron chi connectivity index (χ4n) is 6.01.